The van der Waals surface area contributed by atoms with Crippen molar-refractivity contribution in [1.82, 2.24) is 9.88 Å². The minimum atomic E-state index is 0.703. The van der Waals surface area contributed by atoms with E-state index in [-0.39, 0.29) is 0 Å². The molecule has 0 unspecified atom stereocenters. The molecule has 1 aromatic heterocycles. The molecular weight excluding hydrogens is 326 g/mol. The van der Waals surface area contributed by atoms with Crippen LogP contribution in [0.4, 0.5) is 5.82 Å². The van der Waals surface area contributed by atoms with Crippen LogP contribution in [0.1, 0.15) is 18.4 Å². The molecule has 2 heterocycles. The van der Waals surface area contributed by atoms with Gasteiger partial charge in [0, 0.05) is 35.4 Å². The molecule has 0 aliphatic carbocycles. The predicted octanol–water partition coefficient (Wildman–Crippen LogP) is 3.66. The number of piperidine rings is 1. The van der Waals surface area contributed by atoms with E-state index in [0.29, 0.717) is 6.04 Å². The topological polar surface area (TPSA) is 19.4 Å². The van der Waals surface area contributed by atoms with Gasteiger partial charge in [0.1, 0.15) is 5.82 Å². The van der Waals surface area contributed by atoms with Gasteiger partial charge in [0.05, 0.1) is 5.52 Å². The van der Waals surface area contributed by atoms with Crippen LogP contribution >= 0.6 is 15.9 Å². The molecule has 0 saturated carbocycles. The number of hydrogen-bond acceptors (Lipinski definition) is 3. The number of nitrogens with zero attached hydrogens (tertiary/aromatic N) is 3. The van der Waals surface area contributed by atoms with Crippen molar-refractivity contribution >= 4 is 32.7 Å². The van der Waals surface area contributed by atoms with Gasteiger partial charge in [0.15, 0.2) is 0 Å². The molecule has 1 aliphatic heterocycles. The van der Waals surface area contributed by atoms with Crippen LogP contribution in [0.15, 0.2) is 30.3 Å². The highest BCUT2D eigenvalue weighted by Crippen LogP contribution is 2.28. The lowest BCUT2D eigenvalue weighted by molar-refractivity contribution is 0.249. The van der Waals surface area contributed by atoms with E-state index < -0.39 is 0 Å². The fraction of sp³-hybridized carbons (Fsp3) is 0.471. The molecule has 1 saturated heterocycles. The Bertz CT molecular complexity index is 618. The molecule has 0 atom stereocenters. The summed E-state index contributed by atoms with van der Waals surface area (Å²) in [6.07, 6.45) is 2.42. The highest BCUT2D eigenvalue weighted by atomic mass is 79.9. The number of benzene rings is 1. The van der Waals surface area contributed by atoms with Crippen molar-refractivity contribution in [2.75, 3.05) is 32.1 Å². The highest BCUT2D eigenvalue weighted by Gasteiger charge is 2.23. The monoisotopic (exact) mass is 347 g/mol. The van der Waals surface area contributed by atoms with Gasteiger partial charge in [-0.1, -0.05) is 34.1 Å². The Labute approximate surface area is 135 Å². The number of para-hydroxylation sites is 1. The van der Waals surface area contributed by atoms with Crippen molar-refractivity contribution < 1.29 is 0 Å². The molecule has 21 heavy (non-hydrogen) atoms. The standard InChI is InChI=1S/C17H22BrN3/c1-20(2)15-7-9-21(10-8-15)17-14(12-18)11-13-5-3-4-6-16(13)19-17/h3-6,11,15H,7-10,12H2,1-2H3. The van der Waals surface area contributed by atoms with Crippen LogP contribution in [-0.4, -0.2) is 43.1 Å². The summed E-state index contributed by atoms with van der Waals surface area (Å²) in [4.78, 5) is 9.71. The Morgan fingerprint density at radius 2 is 1.95 bits per heavy atom. The summed E-state index contributed by atoms with van der Waals surface area (Å²) in [6, 6.07) is 11.3. The van der Waals surface area contributed by atoms with Crippen molar-refractivity contribution in [3.63, 3.8) is 0 Å². The molecule has 0 amide bonds. The molecule has 2 aromatic rings. The minimum Gasteiger partial charge on any atom is -0.356 e. The minimum absolute atomic E-state index is 0.703. The summed E-state index contributed by atoms with van der Waals surface area (Å²) in [7, 11) is 4.36. The van der Waals surface area contributed by atoms with E-state index in [0.717, 1.165) is 29.8 Å². The number of fused-ring (bicyclic) bond motifs is 1. The van der Waals surface area contributed by atoms with Gasteiger partial charge in [-0.15, -0.1) is 0 Å². The maximum atomic E-state index is 4.92. The molecule has 1 aliphatic rings. The molecule has 1 fully saturated rings. The molecule has 3 nitrogen and oxygen atoms in total. The molecule has 0 spiro atoms. The maximum absolute atomic E-state index is 4.92. The van der Waals surface area contributed by atoms with Crippen LogP contribution in [-0.2, 0) is 5.33 Å². The SMILES string of the molecule is CN(C)C1CCN(c2nc3ccccc3cc2CBr)CC1. The maximum Gasteiger partial charge on any atom is 0.133 e. The molecule has 0 bridgehead atoms. The van der Waals surface area contributed by atoms with Crippen molar-refractivity contribution in [3.8, 4) is 0 Å². The Hall–Kier alpha value is -1.13. The summed E-state index contributed by atoms with van der Waals surface area (Å²) in [6.45, 7) is 2.18. The largest absolute Gasteiger partial charge is 0.356 e. The van der Waals surface area contributed by atoms with Crippen LogP contribution in [0.3, 0.4) is 0 Å². The second kappa shape index (κ2) is 6.32. The number of aromatic nitrogens is 1. The average Bonchev–Trinajstić information content (AvgIpc) is 2.53. The van der Waals surface area contributed by atoms with E-state index >= 15 is 0 Å². The van der Waals surface area contributed by atoms with Gasteiger partial charge in [0.2, 0.25) is 0 Å². The normalized spacial score (nSPS) is 16.9. The fourth-order valence-electron chi connectivity index (χ4n) is 3.12. The molecule has 1 aromatic carbocycles. The van der Waals surface area contributed by atoms with E-state index in [4.69, 9.17) is 4.98 Å². The van der Waals surface area contributed by atoms with E-state index in [1.807, 2.05) is 0 Å². The number of pyridine rings is 1. The lowest BCUT2D eigenvalue weighted by Gasteiger charge is -2.36. The molecule has 0 radical (unpaired) electrons. The number of hydrogen-bond donors (Lipinski definition) is 0. The van der Waals surface area contributed by atoms with Crippen molar-refractivity contribution in [2.45, 2.75) is 24.2 Å². The van der Waals surface area contributed by atoms with Gasteiger partial charge in [-0.25, -0.2) is 4.98 Å². The lowest BCUT2D eigenvalue weighted by Crippen LogP contribution is -2.42. The third kappa shape index (κ3) is 3.06. The van der Waals surface area contributed by atoms with Gasteiger partial charge in [-0.05, 0) is 39.1 Å². The second-order valence-electron chi connectivity index (χ2n) is 5.98. The Balaban J connectivity index is 1.89. The number of anilines is 1. The first kappa shape index (κ1) is 14.8. The Kier molecular flexibility index (Phi) is 4.45. The second-order valence-corrected chi connectivity index (χ2v) is 6.54. The summed E-state index contributed by atoms with van der Waals surface area (Å²) < 4.78 is 0. The third-order valence-electron chi connectivity index (χ3n) is 4.42. The first-order chi connectivity index (χ1) is 10.2. The third-order valence-corrected chi connectivity index (χ3v) is 5.02. The first-order valence-corrected chi connectivity index (χ1v) is 8.67. The zero-order valence-electron chi connectivity index (χ0n) is 12.7. The van der Waals surface area contributed by atoms with E-state index in [1.165, 1.54) is 23.8 Å². The van der Waals surface area contributed by atoms with Crippen LogP contribution < -0.4 is 4.90 Å². The lowest BCUT2D eigenvalue weighted by atomic mass is 10.0. The summed E-state index contributed by atoms with van der Waals surface area (Å²) in [5, 5.41) is 2.08. The fourth-order valence-corrected chi connectivity index (χ4v) is 3.53. The van der Waals surface area contributed by atoms with Crippen molar-refractivity contribution in [1.29, 1.82) is 0 Å². The Morgan fingerprint density at radius 1 is 1.24 bits per heavy atom. The molecule has 4 heteroatoms. The van der Waals surface area contributed by atoms with Crippen LogP contribution in [0.2, 0.25) is 0 Å². The van der Waals surface area contributed by atoms with Gasteiger partial charge >= 0.3 is 0 Å². The van der Waals surface area contributed by atoms with Crippen LogP contribution in [0.5, 0.6) is 0 Å². The van der Waals surface area contributed by atoms with E-state index in [9.17, 15) is 0 Å². The number of halogens is 1. The first-order valence-electron chi connectivity index (χ1n) is 7.55. The van der Waals surface area contributed by atoms with Gasteiger partial charge < -0.3 is 9.80 Å². The molecule has 0 N–H and O–H groups in total. The number of alkyl halides is 1. The summed E-state index contributed by atoms with van der Waals surface area (Å²) in [5.74, 6) is 1.16. The zero-order valence-corrected chi connectivity index (χ0v) is 14.3. The summed E-state index contributed by atoms with van der Waals surface area (Å²) >= 11 is 3.62. The van der Waals surface area contributed by atoms with E-state index in [1.54, 1.807) is 0 Å². The molecule has 112 valence electrons. The molecular formula is C17H22BrN3. The molecule has 3 rings (SSSR count). The van der Waals surface area contributed by atoms with Gasteiger partial charge in [-0.3, -0.25) is 0 Å². The Morgan fingerprint density at radius 3 is 2.62 bits per heavy atom. The quantitative estimate of drug-likeness (QED) is 0.789. The van der Waals surface area contributed by atoms with Crippen LogP contribution in [0.25, 0.3) is 10.9 Å². The smallest absolute Gasteiger partial charge is 0.133 e. The van der Waals surface area contributed by atoms with E-state index in [2.05, 4.69) is 70.2 Å². The van der Waals surface area contributed by atoms with Crippen LogP contribution in [0, 0.1) is 0 Å². The highest BCUT2D eigenvalue weighted by molar-refractivity contribution is 9.08. The van der Waals surface area contributed by atoms with Gasteiger partial charge in [-0.2, -0.15) is 0 Å². The predicted molar refractivity (Wildman–Crippen MR) is 93.3 cm³/mol. The zero-order chi connectivity index (χ0) is 14.8. The number of rotatable bonds is 3. The van der Waals surface area contributed by atoms with Crippen molar-refractivity contribution in [2.24, 2.45) is 0 Å². The van der Waals surface area contributed by atoms with Gasteiger partial charge in [0.25, 0.3) is 0 Å². The average molecular weight is 348 g/mol. The summed E-state index contributed by atoms with van der Waals surface area (Å²) in [5.41, 5.74) is 2.38. The van der Waals surface area contributed by atoms with Crippen molar-refractivity contribution in [3.05, 3.63) is 35.9 Å².